The number of carbonyl (C=O) groups excluding carboxylic acids is 1. The lowest BCUT2D eigenvalue weighted by molar-refractivity contribution is 0.102. The molecule has 37 heavy (non-hydrogen) atoms. The normalized spacial score (nSPS) is 10.6. The average Bonchev–Trinajstić information content (AvgIpc) is 2.96. The zero-order valence-corrected chi connectivity index (χ0v) is 20.5. The van der Waals surface area contributed by atoms with Gasteiger partial charge in [0.1, 0.15) is 30.5 Å². The Morgan fingerprint density at radius 2 is 1.38 bits per heavy atom. The molecule has 5 aromatic rings. The van der Waals surface area contributed by atoms with Gasteiger partial charge in [-0.2, -0.15) is 0 Å². The maximum absolute atomic E-state index is 13.0. The summed E-state index contributed by atoms with van der Waals surface area (Å²) in [7, 11) is 1.61. The number of carbonyl (C=O) groups is 1. The van der Waals surface area contributed by atoms with E-state index in [-0.39, 0.29) is 12.5 Å². The monoisotopic (exact) mass is 489 g/mol. The van der Waals surface area contributed by atoms with Crippen LogP contribution < -0.4 is 19.5 Å². The van der Waals surface area contributed by atoms with Gasteiger partial charge in [-0.3, -0.25) is 4.79 Å². The maximum Gasteiger partial charge on any atom is 0.255 e. The Morgan fingerprint density at radius 3 is 2.16 bits per heavy atom. The van der Waals surface area contributed by atoms with Crippen LogP contribution in [0, 0.1) is 0 Å². The van der Waals surface area contributed by atoms with Crippen LogP contribution in [0.4, 0.5) is 5.69 Å². The van der Waals surface area contributed by atoms with Crippen molar-refractivity contribution in [2.75, 3.05) is 12.4 Å². The second-order valence-electron chi connectivity index (χ2n) is 8.58. The first-order chi connectivity index (χ1) is 18.2. The summed E-state index contributed by atoms with van der Waals surface area (Å²) in [6.07, 6.45) is 0. The van der Waals surface area contributed by atoms with Crippen molar-refractivity contribution < 1.29 is 19.0 Å². The van der Waals surface area contributed by atoms with E-state index in [1.165, 1.54) is 0 Å². The van der Waals surface area contributed by atoms with Gasteiger partial charge in [-0.05, 0) is 70.9 Å². The molecule has 184 valence electrons. The number of nitrogens with one attached hydrogen (secondary N) is 1. The van der Waals surface area contributed by atoms with Crippen LogP contribution in [-0.2, 0) is 13.2 Å². The molecule has 0 atom stereocenters. The van der Waals surface area contributed by atoms with Crippen molar-refractivity contribution in [3.05, 3.63) is 132 Å². The largest absolute Gasteiger partial charge is 0.496 e. The highest BCUT2D eigenvalue weighted by atomic mass is 16.5. The molecular formula is C32H27NO4. The number of fused-ring (bicyclic) bond motifs is 1. The van der Waals surface area contributed by atoms with Crippen LogP contribution in [0.3, 0.4) is 0 Å². The summed E-state index contributed by atoms with van der Waals surface area (Å²) in [6, 6.07) is 36.8. The molecule has 0 spiro atoms. The van der Waals surface area contributed by atoms with Crippen molar-refractivity contribution >= 4 is 22.4 Å². The van der Waals surface area contributed by atoms with E-state index >= 15 is 0 Å². The lowest BCUT2D eigenvalue weighted by atomic mass is 10.1. The van der Waals surface area contributed by atoms with Crippen LogP contribution in [0.1, 0.15) is 21.5 Å². The van der Waals surface area contributed by atoms with Crippen LogP contribution in [0.25, 0.3) is 10.8 Å². The Hall–Kier alpha value is -4.77. The summed E-state index contributed by atoms with van der Waals surface area (Å²) in [5.74, 6) is 1.94. The van der Waals surface area contributed by atoms with Crippen molar-refractivity contribution in [3.63, 3.8) is 0 Å². The summed E-state index contributed by atoms with van der Waals surface area (Å²) in [5, 5.41) is 5.20. The second-order valence-corrected chi connectivity index (χ2v) is 8.58. The van der Waals surface area contributed by atoms with Gasteiger partial charge in [0, 0.05) is 16.8 Å². The minimum atomic E-state index is -0.215. The van der Waals surface area contributed by atoms with Gasteiger partial charge in [-0.15, -0.1) is 0 Å². The standard InChI is InChI=1S/C32H27NO4/c1-35-31-18-12-26(19-27(31)22-37-30-15-11-24-9-5-6-10-25(24)20-30)32(34)33-28-13-16-29(17-14-28)36-21-23-7-3-2-4-8-23/h2-20H,21-22H2,1H3,(H,33,34). The SMILES string of the molecule is COc1ccc(C(=O)Nc2ccc(OCc3ccccc3)cc2)cc1COc1ccc2ccccc2c1. The Labute approximate surface area is 216 Å². The molecule has 0 aliphatic rings. The Kier molecular flexibility index (Phi) is 7.32. The van der Waals surface area contributed by atoms with Crippen LogP contribution >= 0.6 is 0 Å². The zero-order chi connectivity index (χ0) is 25.5. The zero-order valence-electron chi connectivity index (χ0n) is 20.5. The molecule has 0 aliphatic carbocycles. The highest BCUT2D eigenvalue weighted by Gasteiger charge is 2.12. The number of anilines is 1. The fourth-order valence-electron chi connectivity index (χ4n) is 4.03. The van der Waals surface area contributed by atoms with Gasteiger partial charge >= 0.3 is 0 Å². The van der Waals surface area contributed by atoms with E-state index < -0.39 is 0 Å². The van der Waals surface area contributed by atoms with Gasteiger partial charge in [0.15, 0.2) is 0 Å². The quantitative estimate of drug-likeness (QED) is 0.237. The molecule has 0 bridgehead atoms. The minimum Gasteiger partial charge on any atom is -0.496 e. The van der Waals surface area contributed by atoms with E-state index in [4.69, 9.17) is 14.2 Å². The number of hydrogen-bond donors (Lipinski definition) is 1. The van der Waals surface area contributed by atoms with E-state index in [2.05, 4.69) is 17.4 Å². The number of amides is 1. The minimum absolute atomic E-state index is 0.215. The molecule has 5 heteroatoms. The maximum atomic E-state index is 13.0. The molecule has 1 amide bonds. The lowest BCUT2D eigenvalue weighted by Gasteiger charge is -2.13. The van der Waals surface area contributed by atoms with Crippen LogP contribution in [0.5, 0.6) is 17.2 Å². The fourth-order valence-corrected chi connectivity index (χ4v) is 4.03. The smallest absolute Gasteiger partial charge is 0.255 e. The van der Waals surface area contributed by atoms with Gasteiger partial charge in [0.05, 0.1) is 7.11 Å². The van der Waals surface area contributed by atoms with Gasteiger partial charge < -0.3 is 19.5 Å². The second kappa shape index (κ2) is 11.3. The molecule has 0 radical (unpaired) electrons. The number of benzene rings is 5. The third kappa shape index (κ3) is 6.08. The molecular weight excluding hydrogens is 462 g/mol. The van der Waals surface area contributed by atoms with Crippen molar-refractivity contribution in [2.24, 2.45) is 0 Å². The molecule has 0 unspecified atom stereocenters. The highest BCUT2D eigenvalue weighted by molar-refractivity contribution is 6.04. The van der Waals surface area contributed by atoms with Crippen molar-refractivity contribution in [2.45, 2.75) is 13.2 Å². The molecule has 0 aliphatic heterocycles. The molecule has 0 fully saturated rings. The highest BCUT2D eigenvalue weighted by Crippen LogP contribution is 2.25. The Bertz CT molecular complexity index is 1500. The fraction of sp³-hybridized carbons (Fsp3) is 0.0938. The first kappa shape index (κ1) is 23.9. The summed E-state index contributed by atoms with van der Waals surface area (Å²) in [4.78, 5) is 13.0. The first-order valence-electron chi connectivity index (χ1n) is 12.0. The van der Waals surface area contributed by atoms with Crippen LogP contribution in [-0.4, -0.2) is 13.0 Å². The van der Waals surface area contributed by atoms with E-state index in [1.807, 2.05) is 84.9 Å². The van der Waals surface area contributed by atoms with Crippen LogP contribution in [0.2, 0.25) is 0 Å². The van der Waals surface area contributed by atoms with E-state index in [1.54, 1.807) is 25.3 Å². The average molecular weight is 490 g/mol. The topological polar surface area (TPSA) is 56.8 Å². The van der Waals surface area contributed by atoms with Gasteiger partial charge in [0.25, 0.3) is 5.91 Å². The predicted octanol–water partition coefficient (Wildman–Crippen LogP) is 7.26. The Morgan fingerprint density at radius 1 is 0.676 bits per heavy atom. The number of rotatable bonds is 9. The number of hydrogen-bond acceptors (Lipinski definition) is 4. The van der Waals surface area contributed by atoms with Gasteiger partial charge in [0.2, 0.25) is 0 Å². The van der Waals surface area contributed by atoms with Crippen LogP contribution in [0.15, 0.2) is 115 Å². The van der Waals surface area contributed by atoms with E-state index in [9.17, 15) is 4.79 Å². The lowest BCUT2D eigenvalue weighted by Crippen LogP contribution is -2.13. The van der Waals surface area contributed by atoms with Crippen molar-refractivity contribution in [1.82, 2.24) is 0 Å². The molecule has 5 aromatic carbocycles. The number of ether oxygens (including phenoxy) is 3. The summed E-state index contributed by atoms with van der Waals surface area (Å²) >= 11 is 0. The van der Waals surface area contributed by atoms with E-state index in [0.29, 0.717) is 23.6 Å². The number of methoxy groups -OCH3 is 1. The Balaban J connectivity index is 1.23. The van der Waals surface area contributed by atoms with Crippen molar-refractivity contribution in [1.29, 1.82) is 0 Å². The molecule has 0 aromatic heterocycles. The summed E-state index contributed by atoms with van der Waals surface area (Å²) < 4.78 is 17.4. The molecule has 0 heterocycles. The predicted molar refractivity (Wildman–Crippen MR) is 146 cm³/mol. The summed E-state index contributed by atoms with van der Waals surface area (Å²) in [6.45, 7) is 0.762. The van der Waals surface area contributed by atoms with Gasteiger partial charge in [-0.25, -0.2) is 0 Å². The molecule has 5 nitrogen and oxygen atoms in total. The van der Waals surface area contributed by atoms with Gasteiger partial charge in [-0.1, -0.05) is 60.7 Å². The first-order valence-corrected chi connectivity index (χ1v) is 12.0. The molecule has 5 rings (SSSR count). The third-order valence-electron chi connectivity index (χ3n) is 6.02. The van der Waals surface area contributed by atoms with E-state index in [0.717, 1.165) is 33.4 Å². The third-order valence-corrected chi connectivity index (χ3v) is 6.02. The summed E-state index contributed by atoms with van der Waals surface area (Å²) in [5.41, 5.74) is 3.08. The molecule has 0 saturated carbocycles. The molecule has 0 saturated heterocycles. The molecule has 1 N–H and O–H groups in total. The van der Waals surface area contributed by atoms with Crippen molar-refractivity contribution in [3.8, 4) is 17.2 Å².